The Kier molecular flexibility index (Phi) is 4.89. The molecule has 1 saturated heterocycles. The van der Waals surface area contributed by atoms with Gasteiger partial charge in [0, 0.05) is 20.0 Å². The monoisotopic (exact) mass is 307 g/mol. The van der Waals surface area contributed by atoms with Gasteiger partial charge in [-0.2, -0.15) is 0 Å². The van der Waals surface area contributed by atoms with Crippen molar-refractivity contribution >= 4 is 17.6 Å². The molecule has 1 fully saturated rings. The van der Waals surface area contributed by atoms with E-state index in [9.17, 15) is 14.4 Å². The molecule has 0 bridgehead atoms. The predicted molar refractivity (Wildman–Crippen MR) is 78.0 cm³/mol. The van der Waals surface area contributed by atoms with Gasteiger partial charge in [0.05, 0.1) is 6.20 Å². The molecular formula is C14H21N5O3. The first-order valence-corrected chi connectivity index (χ1v) is 7.36. The third-order valence-corrected chi connectivity index (χ3v) is 3.54. The maximum Gasteiger partial charge on any atom is 0.245 e. The Hall–Kier alpha value is -2.25. The topological polar surface area (TPSA) is 97.2 Å². The van der Waals surface area contributed by atoms with Crippen LogP contribution in [0.3, 0.4) is 0 Å². The van der Waals surface area contributed by atoms with Gasteiger partial charge in [0.25, 0.3) is 0 Å². The van der Waals surface area contributed by atoms with Crippen molar-refractivity contribution < 1.29 is 14.4 Å². The second-order valence-corrected chi connectivity index (χ2v) is 5.88. The Bertz CT molecular complexity index is 581. The maximum absolute atomic E-state index is 12.5. The predicted octanol–water partition coefficient (Wildman–Crippen LogP) is -0.146. The van der Waals surface area contributed by atoms with Gasteiger partial charge in [-0.25, -0.2) is 4.68 Å². The second kappa shape index (κ2) is 6.67. The second-order valence-electron chi connectivity index (χ2n) is 5.88. The first kappa shape index (κ1) is 16.1. The van der Waals surface area contributed by atoms with Crippen LogP contribution in [0, 0.1) is 5.92 Å². The zero-order valence-electron chi connectivity index (χ0n) is 13.1. The summed E-state index contributed by atoms with van der Waals surface area (Å²) in [6, 6.07) is -0.447. The summed E-state index contributed by atoms with van der Waals surface area (Å²) in [5.41, 5.74) is 0.225. The number of Topliss-reactive ketones (excluding diaryl/α,β-unsaturated/α-hetero) is 1. The lowest BCUT2D eigenvalue weighted by atomic mass is 10.00. The largest absolute Gasteiger partial charge is 0.353 e. The molecule has 120 valence electrons. The van der Waals surface area contributed by atoms with Crippen molar-refractivity contribution in [2.24, 2.45) is 5.92 Å². The molecule has 1 aliphatic rings. The Labute approximate surface area is 128 Å². The molecule has 0 spiro atoms. The molecule has 1 aromatic heterocycles. The molecule has 8 heteroatoms. The number of nitrogens with zero attached hydrogens (tertiary/aromatic N) is 4. The Balaban J connectivity index is 2.08. The zero-order chi connectivity index (χ0) is 16.3. The van der Waals surface area contributed by atoms with E-state index in [1.54, 1.807) is 4.90 Å². The number of carbonyl (C=O) groups is 3. The van der Waals surface area contributed by atoms with E-state index in [-0.39, 0.29) is 29.8 Å². The fraction of sp³-hybridized carbons (Fsp3) is 0.643. The van der Waals surface area contributed by atoms with Crippen LogP contribution >= 0.6 is 0 Å². The molecule has 0 unspecified atom stereocenters. The molecular weight excluding hydrogens is 286 g/mol. The summed E-state index contributed by atoms with van der Waals surface area (Å²) < 4.78 is 1.33. The van der Waals surface area contributed by atoms with Crippen molar-refractivity contribution in [3.63, 3.8) is 0 Å². The Morgan fingerprint density at radius 1 is 1.45 bits per heavy atom. The summed E-state index contributed by atoms with van der Waals surface area (Å²) in [6.45, 7) is 6.33. The number of hydrogen-bond donors (Lipinski definition) is 1. The van der Waals surface area contributed by atoms with Crippen LogP contribution < -0.4 is 5.32 Å². The quantitative estimate of drug-likeness (QED) is 0.763. The average Bonchev–Trinajstić information content (AvgIpc) is 2.89. The SMILES string of the molecule is CC(=O)c1cn(CC(=O)N2CCNC(=O)[C@@H]2CC(C)C)nn1. The van der Waals surface area contributed by atoms with Gasteiger partial charge < -0.3 is 10.2 Å². The summed E-state index contributed by atoms with van der Waals surface area (Å²) >= 11 is 0. The van der Waals surface area contributed by atoms with E-state index in [4.69, 9.17) is 0 Å². The normalized spacial score (nSPS) is 18.5. The van der Waals surface area contributed by atoms with E-state index < -0.39 is 6.04 Å². The summed E-state index contributed by atoms with van der Waals surface area (Å²) in [7, 11) is 0. The molecule has 2 heterocycles. The minimum absolute atomic E-state index is 0.0256. The molecule has 0 saturated carbocycles. The van der Waals surface area contributed by atoms with Crippen molar-refractivity contribution in [1.82, 2.24) is 25.2 Å². The number of nitrogens with one attached hydrogen (secondary N) is 1. The van der Waals surface area contributed by atoms with Gasteiger partial charge in [0.1, 0.15) is 18.3 Å². The highest BCUT2D eigenvalue weighted by atomic mass is 16.2. The lowest BCUT2D eigenvalue weighted by Crippen LogP contribution is -2.58. The summed E-state index contributed by atoms with van der Waals surface area (Å²) in [6.07, 6.45) is 2.06. The van der Waals surface area contributed by atoms with Crippen LogP contribution in [0.5, 0.6) is 0 Å². The average molecular weight is 307 g/mol. The van der Waals surface area contributed by atoms with Crippen molar-refractivity contribution in [3.8, 4) is 0 Å². The minimum Gasteiger partial charge on any atom is -0.353 e. The van der Waals surface area contributed by atoms with Crippen molar-refractivity contribution in [3.05, 3.63) is 11.9 Å². The van der Waals surface area contributed by atoms with Crippen LogP contribution in [-0.2, 0) is 16.1 Å². The number of ketones is 1. The third-order valence-electron chi connectivity index (χ3n) is 3.54. The lowest BCUT2D eigenvalue weighted by molar-refractivity contribution is -0.144. The molecule has 2 amide bonds. The molecule has 1 aromatic rings. The van der Waals surface area contributed by atoms with E-state index in [1.165, 1.54) is 17.8 Å². The molecule has 1 aliphatic heterocycles. The van der Waals surface area contributed by atoms with E-state index in [0.29, 0.717) is 25.4 Å². The molecule has 1 atom stereocenters. The van der Waals surface area contributed by atoms with Crippen LogP contribution in [0.15, 0.2) is 6.20 Å². The first-order valence-electron chi connectivity index (χ1n) is 7.36. The van der Waals surface area contributed by atoms with Crippen LogP contribution in [0.4, 0.5) is 0 Å². The van der Waals surface area contributed by atoms with Crippen molar-refractivity contribution in [2.75, 3.05) is 13.1 Å². The lowest BCUT2D eigenvalue weighted by Gasteiger charge is -2.35. The summed E-state index contributed by atoms with van der Waals surface area (Å²) in [5, 5.41) is 10.3. The van der Waals surface area contributed by atoms with Crippen molar-refractivity contribution in [2.45, 2.75) is 39.8 Å². The van der Waals surface area contributed by atoms with E-state index in [1.807, 2.05) is 13.8 Å². The molecule has 1 N–H and O–H groups in total. The van der Waals surface area contributed by atoms with E-state index in [2.05, 4.69) is 15.6 Å². The van der Waals surface area contributed by atoms with Gasteiger partial charge in [0.2, 0.25) is 11.8 Å². The molecule has 0 radical (unpaired) electrons. The number of carbonyl (C=O) groups excluding carboxylic acids is 3. The number of aromatic nitrogens is 3. The fourth-order valence-corrected chi connectivity index (χ4v) is 2.46. The van der Waals surface area contributed by atoms with E-state index >= 15 is 0 Å². The zero-order valence-corrected chi connectivity index (χ0v) is 13.1. The maximum atomic E-state index is 12.5. The van der Waals surface area contributed by atoms with Gasteiger partial charge in [0.15, 0.2) is 5.78 Å². The Morgan fingerprint density at radius 3 is 2.77 bits per heavy atom. The van der Waals surface area contributed by atoms with Crippen LogP contribution in [-0.4, -0.2) is 56.6 Å². The van der Waals surface area contributed by atoms with Gasteiger partial charge in [-0.15, -0.1) is 5.10 Å². The van der Waals surface area contributed by atoms with E-state index in [0.717, 1.165) is 0 Å². The number of hydrogen-bond acceptors (Lipinski definition) is 5. The molecule has 0 aromatic carbocycles. The molecule has 22 heavy (non-hydrogen) atoms. The highest BCUT2D eigenvalue weighted by Gasteiger charge is 2.33. The number of rotatable bonds is 5. The fourth-order valence-electron chi connectivity index (χ4n) is 2.46. The van der Waals surface area contributed by atoms with Gasteiger partial charge in [-0.3, -0.25) is 14.4 Å². The smallest absolute Gasteiger partial charge is 0.245 e. The highest BCUT2D eigenvalue weighted by molar-refractivity contribution is 5.92. The van der Waals surface area contributed by atoms with Crippen LogP contribution in [0.2, 0.25) is 0 Å². The number of amides is 2. The highest BCUT2D eigenvalue weighted by Crippen LogP contribution is 2.15. The van der Waals surface area contributed by atoms with Gasteiger partial charge in [-0.05, 0) is 12.3 Å². The first-order chi connectivity index (χ1) is 10.4. The summed E-state index contributed by atoms with van der Waals surface area (Å²) in [4.78, 5) is 37.3. The third kappa shape index (κ3) is 3.69. The van der Waals surface area contributed by atoms with Gasteiger partial charge in [-0.1, -0.05) is 19.1 Å². The standard InChI is InChI=1S/C14H21N5O3/c1-9(2)6-12-14(22)15-4-5-19(12)13(21)8-18-7-11(10(3)20)16-17-18/h7,9,12H,4-6,8H2,1-3H3,(H,15,22)/t12-/m0/s1. The molecule has 2 rings (SSSR count). The minimum atomic E-state index is -0.447. The molecule has 0 aliphatic carbocycles. The Morgan fingerprint density at radius 2 is 2.18 bits per heavy atom. The van der Waals surface area contributed by atoms with Crippen LogP contribution in [0.1, 0.15) is 37.7 Å². The number of piperazine rings is 1. The van der Waals surface area contributed by atoms with Gasteiger partial charge >= 0.3 is 0 Å². The molecule has 8 nitrogen and oxygen atoms in total. The summed E-state index contributed by atoms with van der Waals surface area (Å²) in [5.74, 6) is -0.203. The van der Waals surface area contributed by atoms with Crippen LogP contribution in [0.25, 0.3) is 0 Å². The van der Waals surface area contributed by atoms with Crippen molar-refractivity contribution in [1.29, 1.82) is 0 Å².